The third-order valence-corrected chi connectivity index (χ3v) is 3.57. The molecule has 1 unspecified atom stereocenters. The summed E-state index contributed by atoms with van der Waals surface area (Å²) in [5.74, 6) is 0.798. The quantitative estimate of drug-likeness (QED) is 0.825. The molecule has 0 amide bonds. The van der Waals surface area contributed by atoms with Gasteiger partial charge < -0.3 is 10.1 Å². The van der Waals surface area contributed by atoms with Gasteiger partial charge in [-0.1, -0.05) is 19.1 Å². The van der Waals surface area contributed by atoms with E-state index in [9.17, 15) is 4.79 Å². The lowest BCUT2D eigenvalue weighted by atomic mass is 10.1. The maximum Gasteiger partial charge on any atom is 0.268 e. The van der Waals surface area contributed by atoms with Crippen molar-refractivity contribution in [3.8, 4) is 17.0 Å². The average Bonchev–Trinajstić information content (AvgIpc) is 2.54. The number of rotatable bonds is 7. The molecule has 2 N–H and O–H groups in total. The normalized spacial score (nSPS) is 12.1. The number of aromatic nitrogens is 2. The van der Waals surface area contributed by atoms with E-state index in [2.05, 4.69) is 29.4 Å². The molecule has 0 fully saturated rings. The fourth-order valence-electron chi connectivity index (χ4n) is 2.07. The van der Waals surface area contributed by atoms with Crippen LogP contribution in [0.5, 0.6) is 5.75 Å². The largest absolute Gasteiger partial charge is 0.494 e. The fourth-order valence-corrected chi connectivity index (χ4v) is 2.07. The van der Waals surface area contributed by atoms with Gasteiger partial charge in [0, 0.05) is 23.7 Å². The van der Waals surface area contributed by atoms with Gasteiger partial charge in [-0.05, 0) is 38.5 Å². The molecule has 2 rings (SSSR count). The monoisotopic (exact) mass is 301 g/mol. The number of nitrogens with zero attached hydrogens (tertiary/aromatic N) is 1. The standard InChI is InChI=1S/C17H23N3O2/c1-4-12(3)18-11-14-10-16(19-20-17(14)21)13-7-6-8-15(9-13)22-5-2/h6-10,12,18H,4-5,11H2,1-3H3,(H,20,21). The summed E-state index contributed by atoms with van der Waals surface area (Å²) in [7, 11) is 0. The summed E-state index contributed by atoms with van der Waals surface area (Å²) in [6.07, 6.45) is 1.02. The molecular weight excluding hydrogens is 278 g/mol. The van der Waals surface area contributed by atoms with Gasteiger partial charge in [0.15, 0.2) is 0 Å². The Hall–Kier alpha value is -2.14. The summed E-state index contributed by atoms with van der Waals surface area (Å²) in [5.41, 5.74) is 2.20. The topological polar surface area (TPSA) is 67.0 Å². The highest BCUT2D eigenvalue weighted by molar-refractivity contribution is 5.61. The molecule has 22 heavy (non-hydrogen) atoms. The third kappa shape index (κ3) is 4.18. The van der Waals surface area contributed by atoms with E-state index >= 15 is 0 Å². The van der Waals surface area contributed by atoms with Crippen LogP contribution in [0.2, 0.25) is 0 Å². The van der Waals surface area contributed by atoms with Gasteiger partial charge in [0.05, 0.1) is 12.3 Å². The van der Waals surface area contributed by atoms with Gasteiger partial charge in [-0.2, -0.15) is 5.10 Å². The molecule has 2 aromatic rings. The highest BCUT2D eigenvalue weighted by Crippen LogP contribution is 2.21. The Kier molecular flexibility index (Phi) is 5.72. The van der Waals surface area contributed by atoms with Crippen molar-refractivity contribution in [1.82, 2.24) is 15.5 Å². The number of aromatic amines is 1. The van der Waals surface area contributed by atoms with Crippen LogP contribution in [-0.4, -0.2) is 22.8 Å². The van der Waals surface area contributed by atoms with Gasteiger partial charge in [-0.15, -0.1) is 0 Å². The molecule has 1 atom stereocenters. The van der Waals surface area contributed by atoms with Gasteiger partial charge in [0.25, 0.3) is 5.56 Å². The molecule has 0 bridgehead atoms. The maximum atomic E-state index is 11.9. The van der Waals surface area contributed by atoms with Crippen LogP contribution in [0.25, 0.3) is 11.3 Å². The van der Waals surface area contributed by atoms with Gasteiger partial charge in [0.2, 0.25) is 0 Å². The van der Waals surface area contributed by atoms with E-state index in [0.29, 0.717) is 24.8 Å². The van der Waals surface area contributed by atoms with Crippen LogP contribution in [0.4, 0.5) is 0 Å². The molecule has 1 aromatic carbocycles. The number of H-pyrrole nitrogens is 1. The Morgan fingerprint density at radius 2 is 2.14 bits per heavy atom. The highest BCUT2D eigenvalue weighted by Gasteiger charge is 2.07. The van der Waals surface area contributed by atoms with Crippen LogP contribution in [-0.2, 0) is 6.54 Å². The summed E-state index contributed by atoms with van der Waals surface area (Å²) in [5, 5.41) is 10.0. The predicted octanol–water partition coefficient (Wildman–Crippen LogP) is 2.72. The molecule has 0 saturated heterocycles. The Morgan fingerprint density at radius 3 is 2.86 bits per heavy atom. The molecule has 0 spiro atoms. The third-order valence-electron chi connectivity index (χ3n) is 3.57. The molecule has 118 valence electrons. The van der Waals surface area contributed by atoms with E-state index in [1.807, 2.05) is 37.3 Å². The van der Waals surface area contributed by atoms with Crippen LogP contribution in [0.15, 0.2) is 35.1 Å². The van der Waals surface area contributed by atoms with Crippen LogP contribution >= 0.6 is 0 Å². The average molecular weight is 301 g/mol. The van der Waals surface area contributed by atoms with E-state index < -0.39 is 0 Å². The maximum absolute atomic E-state index is 11.9. The lowest BCUT2D eigenvalue weighted by Gasteiger charge is -2.11. The molecule has 0 aliphatic carbocycles. The summed E-state index contributed by atoms with van der Waals surface area (Å²) >= 11 is 0. The Labute approximate surface area is 130 Å². The second-order valence-corrected chi connectivity index (χ2v) is 5.26. The number of hydrogen-bond donors (Lipinski definition) is 2. The summed E-state index contributed by atoms with van der Waals surface area (Å²) in [6.45, 7) is 7.31. The van der Waals surface area contributed by atoms with Crippen molar-refractivity contribution in [2.45, 2.75) is 39.8 Å². The zero-order valence-corrected chi connectivity index (χ0v) is 13.3. The van der Waals surface area contributed by atoms with Crippen LogP contribution in [0, 0.1) is 0 Å². The SMILES string of the molecule is CCOc1cccc(-c2cc(CNC(C)CC)c(=O)[nH]n2)c1. The van der Waals surface area contributed by atoms with Crippen LogP contribution < -0.4 is 15.6 Å². The zero-order valence-electron chi connectivity index (χ0n) is 13.3. The first-order valence-corrected chi connectivity index (χ1v) is 7.69. The minimum absolute atomic E-state index is 0.152. The Morgan fingerprint density at radius 1 is 1.32 bits per heavy atom. The number of ether oxygens (including phenoxy) is 1. The molecule has 1 aromatic heterocycles. The fraction of sp³-hybridized carbons (Fsp3) is 0.412. The van der Waals surface area contributed by atoms with Crippen molar-refractivity contribution < 1.29 is 4.74 Å². The van der Waals surface area contributed by atoms with Crippen LogP contribution in [0.3, 0.4) is 0 Å². The minimum atomic E-state index is -0.152. The molecule has 0 radical (unpaired) electrons. The van der Waals surface area contributed by atoms with E-state index in [1.54, 1.807) is 0 Å². The Bertz CT molecular complexity index is 667. The van der Waals surface area contributed by atoms with Crippen molar-refractivity contribution >= 4 is 0 Å². The zero-order chi connectivity index (χ0) is 15.9. The van der Waals surface area contributed by atoms with E-state index in [0.717, 1.165) is 23.4 Å². The van der Waals surface area contributed by atoms with Crippen molar-refractivity contribution in [3.05, 3.63) is 46.2 Å². The van der Waals surface area contributed by atoms with E-state index in [-0.39, 0.29) is 5.56 Å². The lowest BCUT2D eigenvalue weighted by Crippen LogP contribution is -2.28. The van der Waals surface area contributed by atoms with E-state index in [4.69, 9.17) is 4.74 Å². The van der Waals surface area contributed by atoms with Crippen LogP contribution in [0.1, 0.15) is 32.8 Å². The first kappa shape index (κ1) is 16.2. The molecule has 0 aliphatic rings. The predicted molar refractivity (Wildman–Crippen MR) is 88.1 cm³/mol. The van der Waals surface area contributed by atoms with Gasteiger partial charge in [-0.3, -0.25) is 4.79 Å². The number of benzene rings is 1. The van der Waals surface area contributed by atoms with E-state index in [1.165, 1.54) is 0 Å². The highest BCUT2D eigenvalue weighted by atomic mass is 16.5. The van der Waals surface area contributed by atoms with Gasteiger partial charge >= 0.3 is 0 Å². The summed E-state index contributed by atoms with van der Waals surface area (Å²) in [6, 6.07) is 9.91. The second-order valence-electron chi connectivity index (χ2n) is 5.26. The lowest BCUT2D eigenvalue weighted by molar-refractivity contribution is 0.340. The van der Waals surface area contributed by atoms with Crippen molar-refractivity contribution in [2.75, 3.05) is 6.61 Å². The molecule has 0 saturated carbocycles. The first-order chi connectivity index (χ1) is 10.6. The van der Waals surface area contributed by atoms with Crippen molar-refractivity contribution in [1.29, 1.82) is 0 Å². The first-order valence-electron chi connectivity index (χ1n) is 7.69. The van der Waals surface area contributed by atoms with Crippen molar-refractivity contribution in [3.63, 3.8) is 0 Å². The number of hydrogen-bond acceptors (Lipinski definition) is 4. The molecule has 1 heterocycles. The molecule has 5 heteroatoms. The Balaban J connectivity index is 2.25. The molecule has 0 aliphatic heterocycles. The summed E-state index contributed by atoms with van der Waals surface area (Å²) < 4.78 is 5.50. The second kappa shape index (κ2) is 7.75. The summed E-state index contributed by atoms with van der Waals surface area (Å²) in [4.78, 5) is 11.9. The smallest absolute Gasteiger partial charge is 0.268 e. The molecule has 5 nitrogen and oxygen atoms in total. The molecular formula is C17H23N3O2. The number of nitrogens with one attached hydrogen (secondary N) is 2. The van der Waals surface area contributed by atoms with Gasteiger partial charge in [0.1, 0.15) is 5.75 Å². The minimum Gasteiger partial charge on any atom is -0.494 e. The van der Waals surface area contributed by atoms with Gasteiger partial charge in [-0.25, -0.2) is 5.10 Å². The van der Waals surface area contributed by atoms with Crippen molar-refractivity contribution in [2.24, 2.45) is 0 Å².